The summed E-state index contributed by atoms with van der Waals surface area (Å²) in [7, 11) is 0. The van der Waals surface area contributed by atoms with Crippen molar-refractivity contribution in [3.8, 4) is 0 Å². The number of anilines is 1. The molecule has 0 radical (unpaired) electrons. The Bertz CT molecular complexity index is 648. The van der Waals surface area contributed by atoms with Crippen LogP contribution in [0.5, 0.6) is 0 Å². The number of hydrogen-bond acceptors (Lipinski definition) is 2. The van der Waals surface area contributed by atoms with E-state index in [1.54, 1.807) is 0 Å². The molecule has 23 heavy (non-hydrogen) atoms. The third-order valence-corrected chi connectivity index (χ3v) is 4.58. The van der Waals surface area contributed by atoms with E-state index < -0.39 is 0 Å². The van der Waals surface area contributed by atoms with Crippen molar-refractivity contribution >= 4 is 11.6 Å². The second-order valence-electron chi connectivity index (χ2n) is 6.23. The molecule has 2 aromatic carbocycles. The molecule has 0 aliphatic carbocycles. The van der Waals surface area contributed by atoms with Gasteiger partial charge in [-0.15, -0.1) is 0 Å². The number of nitrogens with one attached hydrogen (secondary N) is 1. The van der Waals surface area contributed by atoms with E-state index in [4.69, 9.17) is 0 Å². The van der Waals surface area contributed by atoms with Gasteiger partial charge in [-0.25, -0.2) is 0 Å². The minimum Gasteiger partial charge on any atom is -0.324 e. The summed E-state index contributed by atoms with van der Waals surface area (Å²) in [5.41, 5.74) is 3.33. The molecule has 3 nitrogen and oxygen atoms in total. The van der Waals surface area contributed by atoms with Crippen LogP contribution in [0.25, 0.3) is 0 Å². The molecule has 1 saturated heterocycles. The summed E-state index contributed by atoms with van der Waals surface area (Å²) in [6.45, 7) is 4.06. The Hall–Kier alpha value is -2.13. The van der Waals surface area contributed by atoms with Crippen molar-refractivity contribution in [2.75, 3.05) is 18.4 Å². The molecule has 1 amide bonds. The Kier molecular flexibility index (Phi) is 5.09. The number of nitrogens with zero attached hydrogens (tertiary/aromatic N) is 1. The van der Waals surface area contributed by atoms with Crippen molar-refractivity contribution < 1.29 is 4.79 Å². The van der Waals surface area contributed by atoms with Gasteiger partial charge in [-0.1, -0.05) is 48.5 Å². The fraction of sp³-hybridized carbons (Fsp3) is 0.350. The number of carbonyl (C=O) groups is 1. The minimum atomic E-state index is -0.0673. The maximum atomic E-state index is 12.6. The fourth-order valence-corrected chi connectivity index (χ4v) is 3.14. The van der Waals surface area contributed by atoms with Gasteiger partial charge in [0.2, 0.25) is 5.91 Å². The van der Waals surface area contributed by atoms with Gasteiger partial charge in [0.05, 0.1) is 6.04 Å². The van der Waals surface area contributed by atoms with E-state index in [9.17, 15) is 4.79 Å². The van der Waals surface area contributed by atoms with E-state index in [2.05, 4.69) is 28.4 Å². The minimum absolute atomic E-state index is 0.0673. The molecule has 1 fully saturated rings. The fourth-order valence-electron chi connectivity index (χ4n) is 3.14. The lowest BCUT2D eigenvalue weighted by molar-refractivity contribution is -0.120. The van der Waals surface area contributed by atoms with E-state index in [0.29, 0.717) is 0 Å². The Morgan fingerprint density at radius 3 is 2.43 bits per heavy atom. The zero-order valence-electron chi connectivity index (χ0n) is 13.7. The van der Waals surface area contributed by atoms with Crippen molar-refractivity contribution in [2.45, 2.75) is 32.2 Å². The number of carbonyl (C=O) groups excluding carboxylic acids is 1. The summed E-state index contributed by atoms with van der Waals surface area (Å²) in [5.74, 6) is 0.0902. The van der Waals surface area contributed by atoms with E-state index in [-0.39, 0.29) is 11.9 Å². The largest absolute Gasteiger partial charge is 0.324 e. The van der Waals surface area contributed by atoms with Gasteiger partial charge >= 0.3 is 0 Å². The highest BCUT2D eigenvalue weighted by Gasteiger charge is 2.24. The third kappa shape index (κ3) is 3.99. The molecule has 0 bridgehead atoms. The summed E-state index contributed by atoms with van der Waals surface area (Å²) in [6.07, 6.45) is 3.22. The summed E-state index contributed by atoms with van der Waals surface area (Å²) in [4.78, 5) is 14.8. The highest BCUT2D eigenvalue weighted by molar-refractivity contribution is 5.95. The third-order valence-electron chi connectivity index (χ3n) is 4.58. The van der Waals surface area contributed by atoms with Gasteiger partial charge in [-0.3, -0.25) is 9.69 Å². The number of likely N-dealkylation sites (tertiary alicyclic amines) is 1. The Balaban J connectivity index is 1.71. The molecule has 1 unspecified atom stereocenters. The van der Waals surface area contributed by atoms with Crippen LogP contribution < -0.4 is 5.32 Å². The zero-order valence-corrected chi connectivity index (χ0v) is 13.7. The standard InChI is InChI=1S/C20H24N2O/c1-16(22-13-7-8-14-22)20(23)21-19-12-6-5-11-18(19)15-17-9-3-2-4-10-17/h2-6,9-12,16H,7-8,13-15H2,1H3,(H,21,23). The predicted octanol–water partition coefficient (Wildman–Crippen LogP) is 3.70. The van der Waals surface area contributed by atoms with Gasteiger partial charge in [-0.05, 0) is 56.5 Å². The van der Waals surface area contributed by atoms with E-state index in [1.807, 2.05) is 43.3 Å². The quantitative estimate of drug-likeness (QED) is 0.913. The zero-order chi connectivity index (χ0) is 16.1. The van der Waals surface area contributed by atoms with Gasteiger partial charge in [0, 0.05) is 5.69 Å². The molecule has 1 aliphatic heterocycles. The van der Waals surface area contributed by atoms with Crippen molar-refractivity contribution in [1.82, 2.24) is 4.90 Å². The van der Waals surface area contributed by atoms with Crippen LogP contribution in [0.3, 0.4) is 0 Å². The van der Waals surface area contributed by atoms with Crippen LogP contribution in [0.1, 0.15) is 30.9 Å². The number of hydrogen-bond donors (Lipinski definition) is 1. The smallest absolute Gasteiger partial charge is 0.241 e. The number of benzene rings is 2. The van der Waals surface area contributed by atoms with Crippen LogP contribution >= 0.6 is 0 Å². The van der Waals surface area contributed by atoms with E-state index in [0.717, 1.165) is 30.8 Å². The molecule has 1 atom stereocenters. The summed E-state index contributed by atoms with van der Waals surface area (Å²) in [5, 5.41) is 3.13. The first-order valence-corrected chi connectivity index (χ1v) is 8.41. The second kappa shape index (κ2) is 7.42. The number of para-hydroxylation sites is 1. The van der Waals surface area contributed by atoms with Crippen LogP contribution in [0.15, 0.2) is 54.6 Å². The monoisotopic (exact) mass is 308 g/mol. The highest BCUT2D eigenvalue weighted by Crippen LogP contribution is 2.20. The second-order valence-corrected chi connectivity index (χ2v) is 6.23. The molecular formula is C20H24N2O. The Morgan fingerprint density at radius 2 is 1.70 bits per heavy atom. The topological polar surface area (TPSA) is 32.3 Å². The van der Waals surface area contributed by atoms with Gasteiger partial charge in [-0.2, -0.15) is 0 Å². The SMILES string of the molecule is CC(C(=O)Nc1ccccc1Cc1ccccc1)N1CCCC1. The molecule has 1 heterocycles. The molecule has 3 rings (SSSR count). The lowest BCUT2D eigenvalue weighted by atomic mass is 10.0. The maximum absolute atomic E-state index is 12.6. The number of rotatable bonds is 5. The first-order valence-electron chi connectivity index (χ1n) is 8.41. The lowest BCUT2D eigenvalue weighted by Gasteiger charge is -2.23. The molecule has 120 valence electrons. The molecular weight excluding hydrogens is 284 g/mol. The molecule has 0 spiro atoms. The lowest BCUT2D eigenvalue weighted by Crippen LogP contribution is -2.40. The maximum Gasteiger partial charge on any atom is 0.241 e. The van der Waals surface area contributed by atoms with Crippen LogP contribution in [0.2, 0.25) is 0 Å². The van der Waals surface area contributed by atoms with Gasteiger partial charge < -0.3 is 5.32 Å². The summed E-state index contributed by atoms with van der Waals surface area (Å²) in [6, 6.07) is 18.4. The Morgan fingerprint density at radius 1 is 1.04 bits per heavy atom. The first kappa shape index (κ1) is 15.8. The van der Waals surface area contributed by atoms with Crippen molar-refractivity contribution in [1.29, 1.82) is 0 Å². The molecule has 0 aromatic heterocycles. The van der Waals surface area contributed by atoms with Crippen molar-refractivity contribution in [2.24, 2.45) is 0 Å². The normalized spacial score (nSPS) is 16.2. The van der Waals surface area contributed by atoms with Crippen LogP contribution in [0.4, 0.5) is 5.69 Å². The molecule has 1 aliphatic rings. The Labute approximate surface area is 138 Å². The van der Waals surface area contributed by atoms with Crippen molar-refractivity contribution in [3.63, 3.8) is 0 Å². The average molecular weight is 308 g/mol. The van der Waals surface area contributed by atoms with Crippen LogP contribution in [-0.2, 0) is 11.2 Å². The number of amides is 1. The van der Waals surface area contributed by atoms with Crippen LogP contribution in [0, 0.1) is 0 Å². The highest BCUT2D eigenvalue weighted by atomic mass is 16.2. The van der Waals surface area contributed by atoms with Gasteiger partial charge in [0.25, 0.3) is 0 Å². The van der Waals surface area contributed by atoms with Gasteiger partial charge in [0.1, 0.15) is 0 Å². The molecule has 3 heteroatoms. The molecule has 0 saturated carbocycles. The molecule has 2 aromatic rings. The molecule has 1 N–H and O–H groups in total. The first-order chi connectivity index (χ1) is 11.2. The average Bonchev–Trinajstić information content (AvgIpc) is 3.11. The predicted molar refractivity (Wildman–Crippen MR) is 94.6 cm³/mol. The van der Waals surface area contributed by atoms with Gasteiger partial charge in [0.15, 0.2) is 0 Å². The van der Waals surface area contributed by atoms with Crippen molar-refractivity contribution in [3.05, 3.63) is 65.7 Å². The van der Waals surface area contributed by atoms with Crippen LogP contribution in [-0.4, -0.2) is 29.9 Å². The van der Waals surface area contributed by atoms with E-state index >= 15 is 0 Å². The summed E-state index contributed by atoms with van der Waals surface area (Å²) >= 11 is 0. The summed E-state index contributed by atoms with van der Waals surface area (Å²) < 4.78 is 0. The van der Waals surface area contributed by atoms with E-state index in [1.165, 1.54) is 18.4 Å².